The van der Waals surface area contributed by atoms with Gasteiger partial charge in [-0.05, 0) is 33.1 Å². The number of hydrogen-bond donors (Lipinski definition) is 2. The number of thioether (sulfide) groups is 1. The number of carbonyl (C=O) groups excluding carboxylic acids is 1. The minimum Gasteiger partial charge on any atom is -0.351 e. The van der Waals surface area contributed by atoms with Crippen molar-refractivity contribution in [2.45, 2.75) is 44.0 Å². The molecule has 2 atom stereocenters. The predicted molar refractivity (Wildman–Crippen MR) is 61.6 cm³/mol. The zero-order chi connectivity index (χ0) is 10.8. The van der Waals surface area contributed by atoms with Gasteiger partial charge in [0, 0.05) is 11.3 Å². The first kappa shape index (κ1) is 11.9. The van der Waals surface area contributed by atoms with Gasteiger partial charge in [0.05, 0.1) is 5.54 Å². The first-order chi connectivity index (χ1) is 6.47. The van der Waals surface area contributed by atoms with E-state index in [0.29, 0.717) is 11.3 Å². The highest BCUT2D eigenvalue weighted by Crippen LogP contribution is 2.26. The molecule has 0 aromatic carbocycles. The summed E-state index contributed by atoms with van der Waals surface area (Å²) in [6.07, 6.45) is 1.09. The number of likely N-dealkylation sites (N-methyl/N-ethyl adjacent to an activating group) is 1. The summed E-state index contributed by atoms with van der Waals surface area (Å²) < 4.78 is 0. The Bertz CT molecular complexity index is 218. The smallest absolute Gasteiger partial charge is 0.239 e. The number of carbonyl (C=O) groups is 1. The number of amides is 1. The fourth-order valence-electron chi connectivity index (χ4n) is 1.38. The number of hydrogen-bond acceptors (Lipinski definition) is 3. The van der Waals surface area contributed by atoms with Crippen LogP contribution in [0.2, 0.25) is 0 Å². The maximum absolute atomic E-state index is 11.8. The molecule has 1 rings (SSSR count). The summed E-state index contributed by atoms with van der Waals surface area (Å²) in [7, 11) is 1.81. The van der Waals surface area contributed by atoms with Gasteiger partial charge in [-0.1, -0.05) is 6.92 Å². The molecule has 1 aliphatic rings. The first-order valence-electron chi connectivity index (χ1n) is 5.09. The summed E-state index contributed by atoms with van der Waals surface area (Å²) in [6.45, 7) is 5.97. The van der Waals surface area contributed by atoms with Crippen molar-refractivity contribution in [3.8, 4) is 0 Å². The van der Waals surface area contributed by atoms with Crippen molar-refractivity contribution in [2.75, 3.05) is 12.8 Å². The Morgan fingerprint density at radius 3 is 2.57 bits per heavy atom. The van der Waals surface area contributed by atoms with Gasteiger partial charge >= 0.3 is 0 Å². The third kappa shape index (κ3) is 2.64. The summed E-state index contributed by atoms with van der Waals surface area (Å²) in [5, 5.41) is 6.66. The van der Waals surface area contributed by atoms with Crippen molar-refractivity contribution in [2.24, 2.45) is 0 Å². The molecule has 1 amide bonds. The van der Waals surface area contributed by atoms with Crippen LogP contribution in [0.25, 0.3) is 0 Å². The zero-order valence-electron chi connectivity index (χ0n) is 9.39. The molecule has 0 bridgehead atoms. The summed E-state index contributed by atoms with van der Waals surface area (Å²) >= 11 is 1.93. The second-order valence-corrected chi connectivity index (χ2v) is 5.80. The van der Waals surface area contributed by atoms with E-state index in [-0.39, 0.29) is 5.91 Å². The second kappa shape index (κ2) is 4.53. The number of rotatable bonds is 3. The van der Waals surface area contributed by atoms with Crippen LogP contribution in [0.3, 0.4) is 0 Å². The highest BCUT2D eigenvalue weighted by Gasteiger charge is 2.31. The van der Waals surface area contributed by atoms with Crippen LogP contribution in [0.15, 0.2) is 0 Å². The van der Waals surface area contributed by atoms with Gasteiger partial charge in [-0.25, -0.2) is 0 Å². The van der Waals surface area contributed by atoms with E-state index in [2.05, 4.69) is 17.6 Å². The molecule has 1 heterocycles. The van der Waals surface area contributed by atoms with Crippen LogP contribution >= 0.6 is 11.8 Å². The summed E-state index contributed by atoms with van der Waals surface area (Å²) in [5.41, 5.74) is -0.465. The van der Waals surface area contributed by atoms with Gasteiger partial charge in [-0.15, -0.1) is 0 Å². The normalized spacial score (nSPS) is 27.7. The van der Waals surface area contributed by atoms with Crippen LogP contribution in [0.5, 0.6) is 0 Å². The van der Waals surface area contributed by atoms with Crippen molar-refractivity contribution < 1.29 is 4.79 Å². The van der Waals surface area contributed by atoms with Crippen molar-refractivity contribution in [1.82, 2.24) is 10.6 Å². The van der Waals surface area contributed by atoms with Crippen LogP contribution < -0.4 is 10.6 Å². The molecule has 0 aromatic rings. The Morgan fingerprint density at radius 1 is 1.50 bits per heavy atom. The average molecular weight is 216 g/mol. The lowest BCUT2D eigenvalue weighted by atomic mass is 10.0. The van der Waals surface area contributed by atoms with Crippen LogP contribution in [-0.2, 0) is 4.79 Å². The molecule has 0 saturated carbocycles. The maximum atomic E-state index is 11.8. The van der Waals surface area contributed by atoms with Gasteiger partial charge in [-0.3, -0.25) is 4.79 Å². The minimum absolute atomic E-state index is 0.0966. The molecular weight excluding hydrogens is 196 g/mol. The van der Waals surface area contributed by atoms with E-state index in [1.807, 2.05) is 32.7 Å². The fourth-order valence-corrected chi connectivity index (χ4v) is 2.58. The lowest BCUT2D eigenvalue weighted by Gasteiger charge is -2.26. The predicted octanol–water partition coefficient (Wildman–Crippen LogP) is 0.995. The van der Waals surface area contributed by atoms with E-state index >= 15 is 0 Å². The van der Waals surface area contributed by atoms with E-state index in [1.54, 1.807) is 0 Å². The van der Waals surface area contributed by atoms with E-state index in [1.165, 1.54) is 0 Å². The molecule has 2 unspecified atom stereocenters. The quantitative estimate of drug-likeness (QED) is 0.739. The molecule has 1 saturated heterocycles. The standard InChI is InChI=1S/C10H20N2OS/c1-7-8(5-6-14-7)12-9(13)10(2,3)11-4/h7-8,11H,5-6H2,1-4H3,(H,12,13). The topological polar surface area (TPSA) is 41.1 Å². The summed E-state index contributed by atoms with van der Waals surface area (Å²) in [4.78, 5) is 11.8. The van der Waals surface area contributed by atoms with Gasteiger partial charge in [-0.2, -0.15) is 11.8 Å². The van der Waals surface area contributed by atoms with Gasteiger partial charge in [0.1, 0.15) is 0 Å². The summed E-state index contributed by atoms with van der Waals surface area (Å²) in [5.74, 6) is 1.26. The molecule has 1 aliphatic heterocycles. The molecule has 4 heteroatoms. The SMILES string of the molecule is CNC(C)(C)C(=O)NC1CCSC1C. The van der Waals surface area contributed by atoms with Crippen LogP contribution in [0, 0.1) is 0 Å². The molecule has 0 aliphatic carbocycles. The molecule has 2 N–H and O–H groups in total. The molecule has 14 heavy (non-hydrogen) atoms. The second-order valence-electron chi connectivity index (χ2n) is 4.32. The molecular formula is C10H20N2OS. The van der Waals surface area contributed by atoms with Crippen molar-refractivity contribution >= 4 is 17.7 Å². The van der Waals surface area contributed by atoms with Gasteiger partial charge in [0.2, 0.25) is 5.91 Å². The monoisotopic (exact) mass is 216 g/mol. The van der Waals surface area contributed by atoms with Gasteiger partial charge < -0.3 is 10.6 Å². The largest absolute Gasteiger partial charge is 0.351 e. The Hall–Kier alpha value is -0.220. The third-order valence-electron chi connectivity index (χ3n) is 2.89. The molecule has 3 nitrogen and oxygen atoms in total. The van der Waals surface area contributed by atoms with Crippen molar-refractivity contribution in [3.63, 3.8) is 0 Å². The number of nitrogens with one attached hydrogen (secondary N) is 2. The summed E-state index contributed by atoms with van der Waals surface area (Å²) in [6, 6.07) is 0.347. The Kier molecular flexibility index (Phi) is 3.84. The Labute approximate surface area is 90.4 Å². The van der Waals surface area contributed by atoms with Crippen molar-refractivity contribution in [3.05, 3.63) is 0 Å². The Balaban J connectivity index is 2.48. The average Bonchev–Trinajstić information content (AvgIpc) is 2.52. The maximum Gasteiger partial charge on any atom is 0.239 e. The Morgan fingerprint density at radius 2 is 2.14 bits per heavy atom. The molecule has 1 fully saturated rings. The highest BCUT2D eigenvalue weighted by atomic mass is 32.2. The zero-order valence-corrected chi connectivity index (χ0v) is 10.2. The molecule has 0 spiro atoms. The van der Waals surface area contributed by atoms with Gasteiger partial charge in [0.15, 0.2) is 0 Å². The lowest BCUT2D eigenvalue weighted by Crippen LogP contribution is -2.54. The highest BCUT2D eigenvalue weighted by molar-refractivity contribution is 8.00. The fraction of sp³-hybridized carbons (Fsp3) is 0.900. The molecule has 0 aromatic heterocycles. The lowest BCUT2D eigenvalue weighted by molar-refractivity contribution is -0.126. The third-order valence-corrected chi connectivity index (χ3v) is 4.21. The molecule has 0 radical (unpaired) electrons. The van der Waals surface area contributed by atoms with Crippen LogP contribution in [-0.4, -0.2) is 35.5 Å². The first-order valence-corrected chi connectivity index (χ1v) is 6.13. The van der Waals surface area contributed by atoms with Crippen LogP contribution in [0.4, 0.5) is 0 Å². The van der Waals surface area contributed by atoms with Crippen LogP contribution in [0.1, 0.15) is 27.2 Å². The van der Waals surface area contributed by atoms with Crippen molar-refractivity contribution in [1.29, 1.82) is 0 Å². The van der Waals surface area contributed by atoms with E-state index in [0.717, 1.165) is 12.2 Å². The van der Waals surface area contributed by atoms with E-state index < -0.39 is 5.54 Å². The minimum atomic E-state index is -0.465. The van der Waals surface area contributed by atoms with Gasteiger partial charge in [0.25, 0.3) is 0 Å². The van der Waals surface area contributed by atoms with E-state index in [4.69, 9.17) is 0 Å². The molecule has 82 valence electrons. The van der Waals surface area contributed by atoms with E-state index in [9.17, 15) is 4.79 Å².